The standard InChI is InChI=1S/C9H12N2OS/c1-11(2)8-5-3-7(4-6-8)9(12)10-13/h3-6,13H,1-2H3,(H,10,12). The van der Waals surface area contributed by atoms with E-state index >= 15 is 0 Å². The highest BCUT2D eigenvalue weighted by Crippen LogP contribution is 2.11. The maximum Gasteiger partial charge on any atom is 0.260 e. The number of amides is 1. The fourth-order valence-corrected chi connectivity index (χ4v) is 1.10. The summed E-state index contributed by atoms with van der Waals surface area (Å²) in [6, 6.07) is 7.30. The first-order chi connectivity index (χ1) is 6.15. The van der Waals surface area contributed by atoms with E-state index in [9.17, 15) is 4.79 Å². The monoisotopic (exact) mass is 196 g/mol. The van der Waals surface area contributed by atoms with Crippen molar-refractivity contribution in [3.63, 3.8) is 0 Å². The summed E-state index contributed by atoms with van der Waals surface area (Å²) in [6.45, 7) is 0. The number of thiol groups is 1. The summed E-state index contributed by atoms with van der Waals surface area (Å²) in [4.78, 5) is 13.1. The maximum atomic E-state index is 11.1. The number of carbonyl (C=O) groups excluding carboxylic acids is 1. The molecule has 70 valence electrons. The Labute approximate surface area is 83.3 Å². The van der Waals surface area contributed by atoms with Crippen LogP contribution in [0.25, 0.3) is 0 Å². The largest absolute Gasteiger partial charge is 0.378 e. The van der Waals surface area contributed by atoms with Gasteiger partial charge in [-0.2, -0.15) is 0 Å². The van der Waals surface area contributed by atoms with E-state index in [1.165, 1.54) is 0 Å². The molecule has 3 nitrogen and oxygen atoms in total. The Morgan fingerprint density at radius 3 is 2.23 bits per heavy atom. The molecule has 0 spiro atoms. The molecule has 1 amide bonds. The molecule has 0 atom stereocenters. The van der Waals surface area contributed by atoms with E-state index in [1.54, 1.807) is 12.1 Å². The fourth-order valence-electron chi connectivity index (χ4n) is 0.975. The second kappa shape index (κ2) is 4.18. The summed E-state index contributed by atoms with van der Waals surface area (Å²) >= 11 is 3.68. The van der Waals surface area contributed by atoms with E-state index in [-0.39, 0.29) is 5.91 Å². The van der Waals surface area contributed by atoms with Crippen LogP contribution in [0, 0.1) is 0 Å². The van der Waals surface area contributed by atoms with Gasteiger partial charge in [0.2, 0.25) is 0 Å². The van der Waals surface area contributed by atoms with Gasteiger partial charge in [-0.1, -0.05) is 12.8 Å². The molecule has 1 N–H and O–H groups in total. The zero-order chi connectivity index (χ0) is 9.84. The molecular weight excluding hydrogens is 184 g/mol. The number of anilines is 1. The first-order valence-corrected chi connectivity index (χ1v) is 4.31. The Bertz CT molecular complexity index is 295. The first-order valence-electron chi connectivity index (χ1n) is 3.87. The number of carbonyl (C=O) groups is 1. The lowest BCUT2D eigenvalue weighted by Gasteiger charge is -2.12. The lowest BCUT2D eigenvalue weighted by molar-refractivity contribution is 0.0985. The van der Waals surface area contributed by atoms with E-state index in [4.69, 9.17) is 0 Å². The molecule has 0 bridgehead atoms. The van der Waals surface area contributed by atoms with Crippen LogP contribution in [0.1, 0.15) is 10.4 Å². The van der Waals surface area contributed by atoms with Gasteiger partial charge in [0, 0.05) is 25.3 Å². The molecule has 0 aliphatic heterocycles. The van der Waals surface area contributed by atoms with Crippen LogP contribution in [-0.2, 0) is 0 Å². The number of benzene rings is 1. The number of nitrogens with one attached hydrogen (secondary N) is 1. The number of nitrogens with zero attached hydrogens (tertiary/aromatic N) is 1. The molecule has 0 aromatic heterocycles. The lowest BCUT2D eigenvalue weighted by atomic mass is 10.2. The van der Waals surface area contributed by atoms with Crippen molar-refractivity contribution < 1.29 is 4.79 Å². The van der Waals surface area contributed by atoms with Crippen LogP contribution in [-0.4, -0.2) is 20.0 Å². The Morgan fingerprint density at radius 1 is 1.31 bits per heavy atom. The summed E-state index contributed by atoms with van der Waals surface area (Å²) in [5.74, 6) is -0.186. The first kappa shape index (κ1) is 9.92. The van der Waals surface area contributed by atoms with Crippen LogP contribution in [0.5, 0.6) is 0 Å². The zero-order valence-electron chi connectivity index (χ0n) is 7.61. The highest BCUT2D eigenvalue weighted by atomic mass is 32.1. The van der Waals surface area contributed by atoms with Crippen LogP contribution >= 0.6 is 12.8 Å². The third kappa shape index (κ3) is 2.39. The van der Waals surface area contributed by atoms with Gasteiger partial charge in [0.05, 0.1) is 0 Å². The van der Waals surface area contributed by atoms with E-state index in [0.29, 0.717) is 5.56 Å². The molecule has 0 radical (unpaired) electrons. The average molecular weight is 196 g/mol. The molecule has 0 unspecified atom stereocenters. The second-order valence-corrected chi connectivity index (χ2v) is 3.11. The third-order valence-corrected chi connectivity index (χ3v) is 1.95. The molecule has 1 aromatic rings. The second-order valence-electron chi connectivity index (χ2n) is 2.88. The molecule has 1 rings (SSSR count). The van der Waals surface area contributed by atoms with E-state index < -0.39 is 0 Å². The Hall–Kier alpha value is -1.16. The van der Waals surface area contributed by atoms with Crippen molar-refractivity contribution in [3.8, 4) is 0 Å². The summed E-state index contributed by atoms with van der Waals surface area (Å²) in [5, 5.41) is 0. The SMILES string of the molecule is CN(C)c1ccc(C(=O)NS)cc1. The van der Waals surface area contributed by atoms with Crippen molar-refractivity contribution >= 4 is 24.4 Å². The number of hydrogen-bond acceptors (Lipinski definition) is 3. The molecular formula is C9H12N2OS. The van der Waals surface area contributed by atoms with Crippen molar-refractivity contribution in [1.82, 2.24) is 4.72 Å². The van der Waals surface area contributed by atoms with Crippen molar-refractivity contribution in [2.24, 2.45) is 0 Å². The van der Waals surface area contributed by atoms with Crippen LogP contribution in [0.3, 0.4) is 0 Å². The Morgan fingerprint density at radius 2 is 1.85 bits per heavy atom. The van der Waals surface area contributed by atoms with Crippen molar-refractivity contribution in [2.45, 2.75) is 0 Å². The van der Waals surface area contributed by atoms with Gasteiger partial charge in [-0.25, -0.2) is 0 Å². The molecule has 0 saturated carbocycles. The Kier molecular flexibility index (Phi) is 3.19. The topological polar surface area (TPSA) is 32.3 Å². The maximum absolute atomic E-state index is 11.1. The van der Waals surface area contributed by atoms with Gasteiger partial charge in [-0.05, 0) is 24.3 Å². The highest BCUT2D eigenvalue weighted by molar-refractivity contribution is 7.78. The van der Waals surface area contributed by atoms with Gasteiger partial charge in [0.1, 0.15) is 0 Å². The van der Waals surface area contributed by atoms with Gasteiger partial charge in [-0.3, -0.25) is 9.52 Å². The molecule has 1 aromatic carbocycles. The van der Waals surface area contributed by atoms with Gasteiger partial charge >= 0.3 is 0 Å². The summed E-state index contributed by atoms with van der Waals surface area (Å²) in [5.41, 5.74) is 1.68. The number of hydrogen-bond donors (Lipinski definition) is 2. The predicted octanol–water partition coefficient (Wildman–Crippen LogP) is 1.33. The third-order valence-electron chi connectivity index (χ3n) is 1.75. The Balaban J connectivity index is 2.87. The van der Waals surface area contributed by atoms with Gasteiger partial charge in [0.25, 0.3) is 5.91 Å². The predicted molar refractivity (Wildman–Crippen MR) is 57.2 cm³/mol. The van der Waals surface area contributed by atoms with E-state index in [2.05, 4.69) is 17.5 Å². The van der Waals surface area contributed by atoms with Gasteiger partial charge < -0.3 is 4.90 Å². The zero-order valence-corrected chi connectivity index (χ0v) is 8.51. The average Bonchev–Trinajstić information content (AvgIpc) is 2.17. The van der Waals surface area contributed by atoms with Crippen LogP contribution < -0.4 is 9.62 Å². The van der Waals surface area contributed by atoms with Crippen LogP contribution in [0.2, 0.25) is 0 Å². The summed E-state index contributed by atoms with van der Waals surface area (Å²) in [7, 11) is 3.90. The smallest absolute Gasteiger partial charge is 0.260 e. The minimum atomic E-state index is -0.186. The normalized spacial score (nSPS) is 9.46. The van der Waals surface area contributed by atoms with Gasteiger partial charge in [-0.15, -0.1) is 0 Å². The molecule has 0 aliphatic carbocycles. The van der Waals surface area contributed by atoms with Crippen molar-refractivity contribution in [2.75, 3.05) is 19.0 Å². The molecule has 4 heteroatoms. The lowest BCUT2D eigenvalue weighted by Crippen LogP contribution is -2.13. The summed E-state index contributed by atoms with van der Waals surface area (Å²) < 4.78 is 2.27. The van der Waals surface area contributed by atoms with E-state index in [1.807, 2.05) is 31.1 Å². The van der Waals surface area contributed by atoms with Crippen LogP contribution in [0.15, 0.2) is 24.3 Å². The molecule has 13 heavy (non-hydrogen) atoms. The fraction of sp³-hybridized carbons (Fsp3) is 0.222. The molecule has 0 aliphatic rings. The highest BCUT2D eigenvalue weighted by Gasteiger charge is 2.02. The minimum absolute atomic E-state index is 0.186. The molecule has 0 heterocycles. The summed E-state index contributed by atoms with van der Waals surface area (Å²) in [6.07, 6.45) is 0. The van der Waals surface area contributed by atoms with Crippen LogP contribution in [0.4, 0.5) is 5.69 Å². The van der Waals surface area contributed by atoms with Gasteiger partial charge in [0.15, 0.2) is 0 Å². The number of rotatable bonds is 2. The minimum Gasteiger partial charge on any atom is -0.378 e. The van der Waals surface area contributed by atoms with Crippen molar-refractivity contribution in [3.05, 3.63) is 29.8 Å². The molecule has 0 saturated heterocycles. The quantitative estimate of drug-likeness (QED) is 0.699. The van der Waals surface area contributed by atoms with Crippen molar-refractivity contribution in [1.29, 1.82) is 0 Å². The molecule has 0 fully saturated rings. The van der Waals surface area contributed by atoms with E-state index in [0.717, 1.165) is 5.69 Å².